The van der Waals surface area contributed by atoms with Crippen molar-refractivity contribution in [2.45, 2.75) is 18.9 Å². The molecule has 2 heterocycles. The van der Waals surface area contributed by atoms with E-state index in [1.54, 1.807) is 12.1 Å². The van der Waals surface area contributed by atoms with Crippen molar-refractivity contribution >= 4 is 5.97 Å². The fourth-order valence-electron chi connectivity index (χ4n) is 3.49. The van der Waals surface area contributed by atoms with Gasteiger partial charge in [0, 0.05) is 12.1 Å². The van der Waals surface area contributed by atoms with E-state index in [0.717, 1.165) is 30.6 Å². The molecule has 1 fully saturated rings. The van der Waals surface area contributed by atoms with Crippen LogP contribution in [0.4, 0.5) is 0 Å². The second kappa shape index (κ2) is 7.09. The molecule has 6 nitrogen and oxygen atoms in total. The molecule has 0 saturated carbocycles. The van der Waals surface area contributed by atoms with Crippen molar-refractivity contribution in [1.82, 2.24) is 15.0 Å². The van der Waals surface area contributed by atoms with Gasteiger partial charge < -0.3 is 9.63 Å². The molecule has 1 atom stereocenters. The van der Waals surface area contributed by atoms with Crippen LogP contribution in [0.15, 0.2) is 59.1 Å². The van der Waals surface area contributed by atoms with Crippen LogP contribution in [0.25, 0.3) is 11.5 Å². The van der Waals surface area contributed by atoms with E-state index in [9.17, 15) is 9.90 Å². The lowest BCUT2D eigenvalue weighted by Gasteiger charge is -2.15. The van der Waals surface area contributed by atoms with Gasteiger partial charge in [-0.25, -0.2) is 4.79 Å². The molecule has 0 radical (unpaired) electrons. The molecular weight excluding hydrogens is 330 g/mol. The third kappa shape index (κ3) is 3.36. The highest BCUT2D eigenvalue weighted by atomic mass is 16.5. The molecule has 1 aromatic heterocycles. The Bertz CT molecular complexity index is 907. The van der Waals surface area contributed by atoms with Gasteiger partial charge in [0.25, 0.3) is 5.89 Å². The minimum atomic E-state index is -0.871. The number of hydrogen-bond acceptors (Lipinski definition) is 5. The zero-order chi connectivity index (χ0) is 17.9. The molecule has 0 aliphatic carbocycles. The maximum Gasteiger partial charge on any atom is 0.335 e. The topological polar surface area (TPSA) is 79.5 Å². The highest BCUT2D eigenvalue weighted by molar-refractivity contribution is 5.89. The number of rotatable bonds is 5. The quantitative estimate of drug-likeness (QED) is 0.760. The van der Waals surface area contributed by atoms with Gasteiger partial charge in [-0.1, -0.05) is 41.6 Å². The van der Waals surface area contributed by atoms with E-state index in [1.807, 2.05) is 42.5 Å². The number of likely N-dealkylation sites (tertiary alicyclic amines) is 1. The highest BCUT2D eigenvalue weighted by Crippen LogP contribution is 2.30. The number of aromatic carboxylic acids is 1. The minimum Gasteiger partial charge on any atom is -0.478 e. The predicted octanol–water partition coefficient (Wildman–Crippen LogP) is 3.42. The standard InChI is InChI=1S/C20H19N3O3/c24-20(25)17-9-5-4-8-16(17)15-10-11-23(12-15)13-18-21-19(26-22-18)14-6-2-1-3-7-14/h1-9,15H,10-13H2,(H,24,25)/t15-/m0/s1. The maximum atomic E-state index is 11.4. The van der Waals surface area contributed by atoms with Crippen molar-refractivity contribution in [3.05, 3.63) is 71.5 Å². The van der Waals surface area contributed by atoms with Gasteiger partial charge in [-0.3, -0.25) is 4.90 Å². The van der Waals surface area contributed by atoms with Gasteiger partial charge in [0.15, 0.2) is 5.82 Å². The summed E-state index contributed by atoms with van der Waals surface area (Å²) in [6, 6.07) is 16.9. The molecule has 132 valence electrons. The van der Waals surface area contributed by atoms with Crippen molar-refractivity contribution in [2.75, 3.05) is 13.1 Å². The molecule has 2 aromatic carbocycles. The van der Waals surface area contributed by atoms with E-state index in [4.69, 9.17) is 4.52 Å². The molecule has 0 spiro atoms. The Balaban J connectivity index is 1.44. The third-order valence-corrected chi connectivity index (χ3v) is 4.76. The lowest BCUT2D eigenvalue weighted by atomic mass is 9.93. The van der Waals surface area contributed by atoms with Crippen LogP contribution in [-0.4, -0.2) is 39.2 Å². The normalized spacial score (nSPS) is 17.5. The van der Waals surface area contributed by atoms with Crippen LogP contribution in [-0.2, 0) is 6.54 Å². The second-order valence-electron chi connectivity index (χ2n) is 6.49. The van der Waals surface area contributed by atoms with Crippen LogP contribution in [0.5, 0.6) is 0 Å². The van der Waals surface area contributed by atoms with Gasteiger partial charge in [-0.15, -0.1) is 0 Å². The summed E-state index contributed by atoms with van der Waals surface area (Å²) < 4.78 is 5.36. The Morgan fingerprint density at radius 1 is 1.15 bits per heavy atom. The van der Waals surface area contributed by atoms with Crippen LogP contribution in [0.1, 0.15) is 34.1 Å². The summed E-state index contributed by atoms with van der Waals surface area (Å²) in [5.41, 5.74) is 2.20. The van der Waals surface area contributed by atoms with Crippen molar-refractivity contribution < 1.29 is 14.4 Å². The molecule has 1 saturated heterocycles. The summed E-state index contributed by atoms with van der Waals surface area (Å²) in [5, 5.41) is 13.5. The molecule has 3 aromatic rings. The molecule has 1 aliphatic rings. The highest BCUT2D eigenvalue weighted by Gasteiger charge is 2.27. The molecule has 1 aliphatic heterocycles. The van der Waals surface area contributed by atoms with E-state index in [-0.39, 0.29) is 5.92 Å². The van der Waals surface area contributed by atoms with Crippen LogP contribution in [0.2, 0.25) is 0 Å². The summed E-state index contributed by atoms with van der Waals surface area (Å²) in [6.07, 6.45) is 0.924. The summed E-state index contributed by atoms with van der Waals surface area (Å²) in [6.45, 7) is 2.27. The summed E-state index contributed by atoms with van der Waals surface area (Å²) >= 11 is 0. The van der Waals surface area contributed by atoms with Crippen molar-refractivity contribution in [1.29, 1.82) is 0 Å². The Hall–Kier alpha value is -2.99. The zero-order valence-corrected chi connectivity index (χ0v) is 14.2. The lowest BCUT2D eigenvalue weighted by Crippen LogP contribution is -2.21. The smallest absolute Gasteiger partial charge is 0.335 e. The number of benzene rings is 2. The van der Waals surface area contributed by atoms with Crippen molar-refractivity contribution in [3.8, 4) is 11.5 Å². The Morgan fingerprint density at radius 3 is 2.73 bits per heavy atom. The SMILES string of the molecule is O=C(O)c1ccccc1[C@H]1CCN(Cc2noc(-c3ccccc3)n2)C1. The maximum absolute atomic E-state index is 11.4. The first-order chi connectivity index (χ1) is 12.7. The number of aromatic nitrogens is 2. The minimum absolute atomic E-state index is 0.211. The van der Waals surface area contributed by atoms with Crippen LogP contribution < -0.4 is 0 Å². The van der Waals surface area contributed by atoms with E-state index in [1.165, 1.54) is 0 Å². The molecular formula is C20H19N3O3. The van der Waals surface area contributed by atoms with Crippen LogP contribution in [0.3, 0.4) is 0 Å². The first-order valence-corrected chi connectivity index (χ1v) is 8.63. The lowest BCUT2D eigenvalue weighted by molar-refractivity contribution is 0.0695. The number of carboxylic acids is 1. The number of nitrogens with zero attached hydrogens (tertiary/aromatic N) is 3. The van der Waals surface area contributed by atoms with Gasteiger partial charge in [0.1, 0.15) is 0 Å². The van der Waals surface area contributed by atoms with Gasteiger partial charge in [-0.2, -0.15) is 4.98 Å². The van der Waals surface area contributed by atoms with E-state index < -0.39 is 5.97 Å². The third-order valence-electron chi connectivity index (χ3n) is 4.76. The monoisotopic (exact) mass is 349 g/mol. The van der Waals surface area contributed by atoms with Crippen molar-refractivity contribution in [2.24, 2.45) is 0 Å². The molecule has 4 rings (SSSR count). The molecule has 6 heteroatoms. The van der Waals surface area contributed by atoms with Gasteiger partial charge >= 0.3 is 5.97 Å². The Morgan fingerprint density at radius 2 is 1.92 bits per heavy atom. The van der Waals surface area contributed by atoms with E-state index in [0.29, 0.717) is 23.8 Å². The van der Waals surface area contributed by atoms with Crippen molar-refractivity contribution in [3.63, 3.8) is 0 Å². The average molecular weight is 349 g/mol. The second-order valence-corrected chi connectivity index (χ2v) is 6.49. The molecule has 0 amide bonds. The average Bonchev–Trinajstić information content (AvgIpc) is 3.32. The fourth-order valence-corrected chi connectivity index (χ4v) is 3.49. The van der Waals surface area contributed by atoms with Gasteiger partial charge in [-0.05, 0) is 42.6 Å². The Kier molecular flexibility index (Phi) is 4.50. The van der Waals surface area contributed by atoms with Gasteiger partial charge in [0.2, 0.25) is 0 Å². The summed E-state index contributed by atoms with van der Waals surface area (Å²) in [4.78, 5) is 18.2. The summed E-state index contributed by atoms with van der Waals surface area (Å²) in [5.74, 6) is 0.510. The van der Waals surface area contributed by atoms with Crippen LogP contribution >= 0.6 is 0 Å². The molecule has 1 N–H and O–H groups in total. The fraction of sp³-hybridized carbons (Fsp3) is 0.250. The zero-order valence-electron chi connectivity index (χ0n) is 14.2. The number of carbonyl (C=O) groups is 1. The Labute approximate surface area is 151 Å². The number of hydrogen-bond donors (Lipinski definition) is 1. The van der Waals surface area contributed by atoms with E-state index in [2.05, 4.69) is 15.0 Å². The van der Waals surface area contributed by atoms with Gasteiger partial charge in [0.05, 0.1) is 12.1 Å². The first kappa shape index (κ1) is 16.5. The number of carboxylic acid groups (broad SMARTS) is 1. The van der Waals surface area contributed by atoms with Crippen LogP contribution in [0, 0.1) is 0 Å². The van der Waals surface area contributed by atoms with E-state index >= 15 is 0 Å². The molecule has 0 bridgehead atoms. The summed E-state index contributed by atoms with van der Waals surface area (Å²) in [7, 11) is 0. The predicted molar refractivity (Wildman–Crippen MR) is 95.8 cm³/mol. The molecule has 26 heavy (non-hydrogen) atoms. The largest absolute Gasteiger partial charge is 0.478 e. The first-order valence-electron chi connectivity index (χ1n) is 8.63. The molecule has 0 unspecified atom stereocenters.